The minimum atomic E-state index is -0.631. The maximum atomic E-state index is 12.7. The molecular weight excluding hydrogens is 502 g/mol. The number of esters is 2. The summed E-state index contributed by atoms with van der Waals surface area (Å²) in [4.78, 5) is 29.6. The van der Waals surface area contributed by atoms with Gasteiger partial charge in [-0.05, 0) is 67.1 Å². The van der Waals surface area contributed by atoms with E-state index in [0.717, 1.165) is 0 Å². The summed E-state index contributed by atoms with van der Waals surface area (Å²) in [6.45, 7) is 2.23. The maximum Gasteiger partial charge on any atom is 0.363 e. The molecule has 2 aliphatic rings. The molecule has 0 unspecified atom stereocenters. The standard InChI is InChI=1S/C27H20ClNO8/c1-3-33-23-11-15(4-7-22(23)36-26(30)16-5-8-21-24(12-16)35-14-34-21)10-19-27(31)37-25(29-19)18-13-17(28)6-9-20(18)32-2/h4-13H,3,14H2,1-2H3/b19-10-. The Hall–Kier alpha value is -4.50. The first-order valence-corrected chi connectivity index (χ1v) is 11.6. The SMILES string of the molecule is CCOc1cc(/C=C2\N=C(c3cc(Cl)ccc3OC)OC2=O)ccc1OC(=O)c1ccc2c(c1)OCO2. The molecule has 0 radical (unpaired) electrons. The molecule has 37 heavy (non-hydrogen) atoms. The van der Waals surface area contributed by atoms with Crippen molar-refractivity contribution in [2.75, 3.05) is 20.5 Å². The molecule has 0 amide bonds. The molecule has 3 aromatic rings. The number of aliphatic imine (C=N–C) groups is 1. The Morgan fingerprint density at radius 2 is 1.84 bits per heavy atom. The molecule has 0 saturated heterocycles. The van der Waals surface area contributed by atoms with E-state index in [1.54, 1.807) is 61.5 Å². The minimum absolute atomic E-state index is 0.0737. The van der Waals surface area contributed by atoms with E-state index >= 15 is 0 Å². The zero-order chi connectivity index (χ0) is 25.9. The lowest BCUT2D eigenvalue weighted by molar-refractivity contribution is -0.129. The first kappa shape index (κ1) is 24.2. The van der Waals surface area contributed by atoms with Crippen LogP contribution in [0.1, 0.15) is 28.4 Å². The first-order chi connectivity index (χ1) is 17.9. The average Bonchev–Trinajstić information content (AvgIpc) is 3.51. The van der Waals surface area contributed by atoms with Gasteiger partial charge in [0.1, 0.15) is 5.75 Å². The number of cyclic esters (lactones) is 1. The molecule has 0 aromatic heterocycles. The summed E-state index contributed by atoms with van der Waals surface area (Å²) in [6.07, 6.45) is 1.54. The van der Waals surface area contributed by atoms with Gasteiger partial charge in [0.2, 0.25) is 12.7 Å². The summed E-state index contributed by atoms with van der Waals surface area (Å²) in [5.41, 5.74) is 1.41. The quantitative estimate of drug-likeness (QED) is 0.242. The van der Waals surface area contributed by atoms with E-state index in [2.05, 4.69) is 4.99 Å². The van der Waals surface area contributed by atoms with Crippen molar-refractivity contribution >= 4 is 35.5 Å². The van der Waals surface area contributed by atoms with Gasteiger partial charge in [-0.25, -0.2) is 14.6 Å². The van der Waals surface area contributed by atoms with Crippen molar-refractivity contribution in [3.63, 3.8) is 0 Å². The summed E-state index contributed by atoms with van der Waals surface area (Å²) in [6, 6.07) is 14.6. The van der Waals surface area contributed by atoms with E-state index in [1.807, 2.05) is 0 Å². The van der Waals surface area contributed by atoms with Crippen molar-refractivity contribution < 1.29 is 38.0 Å². The highest BCUT2D eigenvalue weighted by Gasteiger charge is 2.27. The van der Waals surface area contributed by atoms with E-state index in [4.69, 9.17) is 40.0 Å². The van der Waals surface area contributed by atoms with Crippen molar-refractivity contribution in [1.82, 2.24) is 0 Å². The lowest BCUT2D eigenvalue weighted by atomic mass is 10.1. The predicted octanol–water partition coefficient (Wildman–Crippen LogP) is 5.04. The van der Waals surface area contributed by atoms with Crippen LogP contribution in [0.3, 0.4) is 0 Å². The highest BCUT2D eigenvalue weighted by molar-refractivity contribution is 6.31. The topological polar surface area (TPSA) is 102 Å². The van der Waals surface area contributed by atoms with E-state index in [1.165, 1.54) is 13.2 Å². The number of nitrogens with zero attached hydrogens (tertiary/aromatic N) is 1. The Morgan fingerprint density at radius 1 is 1.03 bits per heavy atom. The van der Waals surface area contributed by atoms with Crippen molar-refractivity contribution in [2.24, 2.45) is 4.99 Å². The number of rotatable bonds is 7. The van der Waals surface area contributed by atoms with Gasteiger partial charge in [0.25, 0.3) is 0 Å². The Kier molecular flexibility index (Phi) is 6.70. The third kappa shape index (κ3) is 5.07. The fourth-order valence-electron chi connectivity index (χ4n) is 3.68. The molecule has 9 nitrogen and oxygen atoms in total. The van der Waals surface area contributed by atoms with E-state index in [0.29, 0.717) is 51.3 Å². The second-order valence-electron chi connectivity index (χ2n) is 7.78. The van der Waals surface area contributed by atoms with Gasteiger partial charge < -0.3 is 28.4 Å². The first-order valence-electron chi connectivity index (χ1n) is 11.2. The van der Waals surface area contributed by atoms with Crippen molar-refractivity contribution in [1.29, 1.82) is 0 Å². The second kappa shape index (κ2) is 10.2. The van der Waals surface area contributed by atoms with Crippen LogP contribution in [-0.4, -0.2) is 38.3 Å². The fourth-order valence-corrected chi connectivity index (χ4v) is 3.85. The number of carbonyl (C=O) groups excluding carboxylic acids is 2. The Morgan fingerprint density at radius 3 is 2.65 bits per heavy atom. The van der Waals surface area contributed by atoms with Gasteiger partial charge in [-0.2, -0.15) is 0 Å². The summed E-state index contributed by atoms with van der Waals surface area (Å²) < 4.78 is 32.5. The van der Waals surface area contributed by atoms with Crippen LogP contribution < -0.4 is 23.7 Å². The molecule has 188 valence electrons. The van der Waals surface area contributed by atoms with Crippen molar-refractivity contribution in [3.8, 4) is 28.7 Å². The van der Waals surface area contributed by atoms with Crippen LogP contribution in [0.25, 0.3) is 6.08 Å². The van der Waals surface area contributed by atoms with E-state index < -0.39 is 11.9 Å². The summed E-state index contributed by atoms with van der Waals surface area (Å²) in [5, 5.41) is 0.444. The van der Waals surface area contributed by atoms with Gasteiger partial charge in [-0.15, -0.1) is 0 Å². The third-order valence-corrected chi connectivity index (χ3v) is 5.63. The molecule has 2 heterocycles. The average molecular weight is 522 g/mol. The zero-order valence-electron chi connectivity index (χ0n) is 19.8. The molecule has 0 atom stereocenters. The molecule has 5 rings (SSSR count). The molecule has 0 spiro atoms. The summed E-state index contributed by atoms with van der Waals surface area (Å²) >= 11 is 6.09. The van der Waals surface area contributed by atoms with Crippen LogP contribution >= 0.6 is 11.6 Å². The van der Waals surface area contributed by atoms with Crippen LogP contribution in [0.4, 0.5) is 0 Å². The number of hydrogen-bond donors (Lipinski definition) is 0. The highest BCUT2D eigenvalue weighted by atomic mass is 35.5. The number of carbonyl (C=O) groups is 2. The monoisotopic (exact) mass is 521 g/mol. The van der Waals surface area contributed by atoms with Gasteiger partial charge in [0.15, 0.2) is 28.7 Å². The molecule has 0 N–H and O–H groups in total. The van der Waals surface area contributed by atoms with Gasteiger partial charge in [-0.3, -0.25) is 0 Å². The van der Waals surface area contributed by atoms with Crippen molar-refractivity contribution in [3.05, 3.63) is 82.0 Å². The lowest BCUT2D eigenvalue weighted by Crippen LogP contribution is -2.09. The molecule has 0 saturated carbocycles. The Labute approximate surface area is 216 Å². The van der Waals surface area contributed by atoms with Crippen molar-refractivity contribution in [2.45, 2.75) is 6.92 Å². The third-order valence-electron chi connectivity index (χ3n) is 5.39. The summed E-state index contributed by atoms with van der Waals surface area (Å²) in [7, 11) is 1.50. The lowest BCUT2D eigenvalue weighted by Gasteiger charge is -2.11. The number of ether oxygens (including phenoxy) is 6. The smallest absolute Gasteiger partial charge is 0.363 e. The van der Waals surface area contributed by atoms with E-state index in [-0.39, 0.29) is 24.1 Å². The fraction of sp³-hybridized carbons (Fsp3) is 0.148. The zero-order valence-corrected chi connectivity index (χ0v) is 20.5. The van der Waals surface area contributed by atoms with Crippen LogP contribution in [0, 0.1) is 0 Å². The summed E-state index contributed by atoms with van der Waals surface area (Å²) in [5.74, 6) is 0.892. The van der Waals surface area contributed by atoms with Crippen LogP contribution in [0.2, 0.25) is 5.02 Å². The number of halogens is 1. The van der Waals surface area contributed by atoms with Crippen LogP contribution in [-0.2, 0) is 9.53 Å². The molecule has 2 aliphatic heterocycles. The highest BCUT2D eigenvalue weighted by Crippen LogP contribution is 2.35. The van der Waals surface area contributed by atoms with Gasteiger partial charge in [-0.1, -0.05) is 17.7 Å². The number of methoxy groups -OCH3 is 1. The predicted molar refractivity (Wildman–Crippen MR) is 134 cm³/mol. The second-order valence-corrected chi connectivity index (χ2v) is 8.21. The number of fused-ring (bicyclic) bond motifs is 1. The minimum Gasteiger partial charge on any atom is -0.496 e. The number of hydrogen-bond acceptors (Lipinski definition) is 9. The molecule has 0 aliphatic carbocycles. The van der Waals surface area contributed by atoms with Gasteiger partial charge in [0, 0.05) is 5.02 Å². The molecule has 3 aromatic carbocycles. The van der Waals surface area contributed by atoms with Gasteiger partial charge in [0.05, 0.1) is 24.8 Å². The molecule has 0 bridgehead atoms. The van der Waals surface area contributed by atoms with Crippen LogP contribution in [0.15, 0.2) is 65.3 Å². The Balaban J connectivity index is 1.40. The molecule has 10 heteroatoms. The molecular formula is C27H20ClNO8. The maximum absolute atomic E-state index is 12.7. The normalized spacial score (nSPS) is 14.8. The van der Waals surface area contributed by atoms with Crippen LogP contribution in [0.5, 0.6) is 28.7 Å². The number of benzene rings is 3. The van der Waals surface area contributed by atoms with E-state index in [9.17, 15) is 9.59 Å². The molecule has 0 fully saturated rings. The van der Waals surface area contributed by atoms with Gasteiger partial charge >= 0.3 is 11.9 Å². The Bertz CT molecular complexity index is 1460. The largest absolute Gasteiger partial charge is 0.496 e.